The van der Waals surface area contributed by atoms with Crippen LogP contribution in [0.15, 0.2) is 48.0 Å². The highest BCUT2D eigenvalue weighted by Crippen LogP contribution is 2.25. The summed E-state index contributed by atoms with van der Waals surface area (Å²) < 4.78 is 5.23. The highest BCUT2D eigenvalue weighted by atomic mass is 35.5. The molecule has 28 heavy (non-hydrogen) atoms. The van der Waals surface area contributed by atoms with Crippen molar-refractivity contribution in [3.63, 3.8) is 0 Å². The molecule has 0 fully saturated rings. The molecule has 0 aliphatic rings. The Hall–Kier alpha value is -2.77. The van der Waals surface area contributed by atoms with Crippen LogP contribution in [-0.4, -0.2) is 27.9 Å². The number of pyridine rings is 1. The van der Waals surface area contributed by atoms with Crippen LogP contribution in [0.2, 0.25) is 5.15 Å². The molecule has 0 aliphatic carbocycles. The minimum atomic E-state index is -1.02. The molecule has 6 nitrogen and oxygen atoms in total. The molecule has 0 bridgehead atoms. The molecule has 2 heterocycles. The van der Waals surface area contributed by atoms with Gasteiger partial charge >= 0.3 is 5.97 Å². The van der Waals surface area contributed by atoms with E-state index in [1.165, 1.54) is 30.0 Å². The Morgan fingerprint density at radius 2 is 2.00 bits per heavy atom. The van der Waals surface area contributed by atoms with Crippen molar-refractivity contribution in [1.29, 1.82) is 0 Å². The van der Waals surface area contributed by atoms with Crippen molar-refractivity contribution in [3.8, 4) is 10.6 Å². The number of anilines is 1. The molecule has 1 N–H and O–H groups in total. The zero-order chi connectivity index (χ0) is 20.1. The fourth-order valence-corrected chi connectivity index (χ4v) is 3.33. The molecule has 0 aliphatic heterocycles. The first-order valence-corrected chi connectivity index (χ1v) is 9.91. The lowest BCUT2D eigenvalue weighted by Gasteiger charge is -2.13. The van der Waals surface area contributed by atoms with Gasteiger partial charge in [-0.1, -0.05) is 42.8 Å². The maximum atomic E-state index is 12.3. The second-order valence-electron chi connectivity index (χ2n) is 5.97. The van der Waals surface area contributed by atoms with Crippen molar-refractivity contribution >= 4 is 40.5 Å². The van der Waals surface area contributed by atoms with Crippen molar-refractivity contribution in [2.24, 2.45) is 0 Å². The smallest absolute Gasteiger partial charge is 0.358 e. The van der Waals surface area contributed by atoms with E-state index in [1.54, 1.807) is 17.5 Å². The average Bonchev–Trinajstić information content (AvgIpc) is 3.20. The van der Waals surface area contributed by atoms with Crippen LogP contribution in [0.4, 0.5) is 5.69 Å². The van der Waals surface area contributed by atoms with E-state index in [0.29, 0.717) is 10.7 Å². The summed E-state index contributed by atoms with van der Waals surface area (Å²) in [4.78, 5) is 32.8. The Morgan fingerprint density at radius 1 is 1.25 bits per heavy atom. The molecule has 1 atom stereocenters. The van der Waals surface area contributed by atoms with Gasteiger partial charge in [-0.3, -0.25) is 4.79 Å². The fraction of sp³-hybridized carbons (Fsp3) is 0.200. The zero-order valence-corrected chi connectivity index (χ0v) is 16.9. The third kappa shape index (κ3) is 4.74. The highest BCUT2D eigenvalue weighted by molar-refractivity contribution is 7.13. The summed E-state index contributed by atoms with van der Waals surface area (Å²) in [6.45, 7) is 3.57. The lowest BCUT2D eigenvalue weighted by Crippen LogP contribution is -2.30. The van der Waals surface area contributed by atoms with Gasteiger partial charge in [0.1, 0.15) is 5.01 Å². The molecular formula is C20H18ClN3O3S. The molecule has 0 spiro atoms. The van der Waals surface area contributed by atoms with Gasteiger partial charge in [-0.25, -0.2) is 14.8 Å². The first-order chi connectivity index (χ1) is 13.5. The van der Waals surface area contributed by atoms with Gasteiger partial charge in [-0.15, -0.1) is 11.3 Å². The molecule has 0 saturated heterocycles. The minimum Gasteiger partial charge on any atom is -0.448 e. The van der Waals surface area contributed by atoms with Gasteiger partial charge in [0.05, 0.1) is 5.69 Å². The monoisotopic (exact) mass is 415 g/mol. The molecule has 0 unspecified atom stereocenters. The molecule has 0 saturated carbocycles. The summed E-state index contributed by atoms with van der Waals surface area (Å²) in [5.41, 5.74) is 2.67. The van der Waals surface area contributed by atoms with E-state index in [-0.39, 0.29) is 10.8 Å². The third-order valence-electron chi connectivity index (χ3n) is 3.99. The van der Waals surface area contributed by atoms with Gasteiger partial charge in [0, 0.05) is 17.1 Å². The highest BCUT2D eigenvalue weighted by Gasteiger charge is 2.22. The van der Waals surface area contributed by atoms with Crippen molar-refractivity contribution in [1.82, 2.24) is 9.97 Å². The fourth-order valence-electron chi connectivity index (χ4n) is 2.37. The van der Waals surface area contributed by atoms with E-state index in [9.17, 15) is 9.59 Å². The zero-order valence-electron chi connectivity index (χ0n) is 15.3. The lowest BCUT2D eigenvalue weighted by molar-refractivity contribution is -0.123. The van der Waals surface area contributed by atoms with E-state index < -0.39 is 18.0 Å². The normalized spacial score (nSPS) is 11.7. The number of rotatable bonds is 6. The number of halogens is 1. The second kappa shape index (κ2) is 8.95. The number of ether oxygens (including phenoxy) is 1. The molecule has 1 aromatic carbocycles. The Morgan fingerprint density at radius 3 is 2.68 bits per heavy atom. The Labute approximate surface area is 171 Å². The molecule has 1 amide bonds. The molecule has 8 heteroatoms. The number of aryl methyl sites for hydroxylation is 1. The standard InChI is InChI=1S/C20H18ClN3O3S/c1-3-13-6-8-14(9-7-13)19-24-16(11-28-19)20(26)27-12(2)18(25)23-15-5-4-10-22-17(15)21/h4-12H,3H2,1-2H3,(H,23,25)/t12-/m0/s1. The molecule has 3 rings (SSSR count). The van der Waals surface area contributed by atoms with Gasteiger partial charge < -0.3 is 10.1 Å². The van der Waals surface area contributed by atoms with Crippen molar-refractivity contribution in [2.75, 3.05) is 5.32 Å². The summed E-state index contributed by atoms with van der Waals surface area (Å²) in [7, 11) is 0. The van der Waals surface area contributed by atoms with Crippen LogP contribution in [0, 0.1) is 0 Å². The number of carbonyl (C=O) groups excluding carboxylic acids is 2. The summed E-state index contributed by atoms with van der Waals surface area (Å²) in [5, 5.41) is 5.08. The number of hydrogen-bond acceptors (Lipinski definition) is 6. The number of hydrogen-bond donors (Lipinski definition) is 1. The first kappa shape index (κ1) is 20.0. The number of esters is 1. The quantitative estimate of drug-likeness (QED) is 0.469. The van der Waals surface area contributed by atoms with Crippen LogP contribution in [0.25, 0.3) is 10.6 Å². The number of aromatic nitrogens is 2. The summed E-state index contributed by atoms with van der Waals surface area (Å²) in [6, 6.07) is 11.3. The number of benzene rings is 1. The average molecular weight is 416 g/mol. The van der Waals surface area contributed by atoms with Crippen molar-refractivity contribution < 1.29 is 14.3 Å². The van der Waals surface area contributed by atoms with E-state index in [0.717, 1.165) is 12.0 Å². The minimum absolute atomic E-state index is 0.160. The SMILES string of the molecule is CCc1ccc(-c2nc(C(=O)O[C@@H](C)C(=O)Nc3cccnc3Cl)cs2)cc1. The van der Waals surface area contributed by atoms with Crippen molar-refractivity contribution in [3.05, 3.63) is 64.4 Å². The Balaban J connectivity index is 1.63. The van der Waals surface area contributed by atoms with Gasteiger partial charge in [0.25, 0.3) is 5.91 Å². The molecule has 3 aromatic rings. The maximum absolute atomic E-state index is 12.3. The molecule has 2 aromatic heterocycles. The number of amides is 1. The summed E-state index contributed by atoms with van der Waals surface area (Å²) in [5.74, 6) is -1.17. The van der Waals surface area contributed by atoms with Crippen LogP contribution < -0.4 is 5.32 Å². The first-order valence-electron chi connectivity index (χ1n) is 8.65. The van der Waals surface area contributed by atoms with E-state index in [2.05, 4.69) is 22.2 Å². The molecule has 144 valence electrons. The number of nitrogens with one attached hydrogen (secondary N) is 1. The Kier molecular flexibility index (Phi) is 6.38. The summed E-state index contributed by atoms with van der Waals surface area (Å²) >= 11 is 7.26. The molecule has 0 radical (unpaired) electrons. The lowest BCUT2D eigenvalue weighted by atomic mass is 10.1. The predicted molar refractivity (Wildman–Crippen MR) is 110 cm³/mol. The van der Waals surface area contributed by atoms with Crippen LogP contribution in [0.3, 0.4) is 0 Å². The van der Waals surface area contributed by atoms with E-state index >= 15 is 0 Å². The maximum Gasteiger partial charge on any atom is 0.358 e. The van der Waals surface area contributed by atoms with E-state index in [4.69, 9.17) is 16.3 Å². The van der Waals surface area contributed by atoms with Gasteiger partial charge in [-0.05, 0) is 31.0 Å². The van der Waals surface area contributed by atoms with Gasteiger partial charge in [0.15, 0.2) is 17.0 Å². The predicted octanol–water partition coefficient (Wildman–Crippen LogP) is 4.60. The number of nitrogens with zero attached hydrogens (tertiary/aromatic N) is 2. The van der Waals surface area contributed by atoms with Crippen LogP contribution in [0.5, 0.6) is 0 Å². The largest absolute Gasteiger partial charge is 0.448 e. The van der Waals surface area contributed by atoms with Gasteiger partial charge in [-0.2, -0.15) is 0 Å². The number of thiazole rings is 1. The van der Waals surface area contributed by atoms with Crippen molar-refractivity contribution in [2.45, 2.75) is 26.4 Å². The van der Waals surface area contributed by atoms with Crippen LogP contribution >= 0.6 is 22.9 Å². The van der Waals surface area contributed by atoms with E-state index in [1.807, 2.05) is 24.3 Å². The molecular weight excluding hydrogens is 398 g/mol. The third-order valence-corrected chi connectivity index (χ3v) is 5.19. The Bertz CT molecular complexity index is 988. The van der Waals surface area contributed by atoms with Crippen LogP contribution in [0.1, 0.15) is 29.9 Å². The summed E-state index contributed by atoms with van der Waals surface area (Å²) in [6.07, 6.45) is 1.45. The topological polar surface area (TPSA) is 81.2 Å². The second-order valence-corrected chi connectivity index (χ2v) is 7.18. The van der Waals surface area contributed by atoms with Crippen LogP contribution in [-0.2, 0) is 16.0 Å². The van der Waals surface area contributed by atoms with Gasteiger partial charge in [0.2, 0.25) is 0 Å². The number of carbonyl (C=O) groups is 2.